The Labute approximate surface area is 113 Å². The highest BCUT2D eigenvalue weighted by Crippen LogP contribution is 2.19. The van der Waals surface area contributed by atoms with Gasteiger partial charge in [0.2, 0.25) is 0 Å². The molecule has 0 saturated heterocycles. The third-order valence-corrected chi connectivity index (χ3v) is 2.96. The van der Waals surface area contributed by atoms with Crippen LogP contribution in [-0.2, 0) is 6.42 Å². The topological polar surface area (TPSA) is 42.9 Å². The number of carbonyl (C=O) groups excluding carboxylic acids is 1. The van der Waals surface area contributed by atoms with Crippen molar-refractivity contribution in [2.45, 2.75) is 33.6 Å². The molecule has 98 valence electrons. The van der Waals surface area contributed by atoms with E-state index in [1.807, 2.05) is 13.0 Å². The molecule has 0 aliphatic heterocycles. The van der Waals surface area contributed by atoms with Crippen molar-refractivity contribution in [3.05, 3.63) is 47.4 Å². The first kappa shape index (κ1) is 13.4. The lowest BCUT2D eigenvalue weighted by Crippen LogP contribution is -2.03. The monoisotopic (exact) mass is 254 g/mol. The van der Waals surface area contributed by atoms with Crippen LogP contribution in [0.4, 0.5) is 0 Å². The summed E-state index contributed by atoms with van der Waals surface area (Å²) in [7, 11) is 0. The van der Waals surface area contributed by atoms with E-state index in [1.54, 1.807) is 0 Å². The van der Waals surface area contributed by atoms with Crippen LogP contribution in [-0.4, -0.2) is 15.8 Å². The van der Waals surface area contributed by atoms with Gasteiger partial charge >= 0.3 is 0 Å². The molecule has 0 amide bonds. The fraction of sp³-hybridized carbons (Fsp3) is 0.312. The number of aryl methyl sites for hydroxylation is 2. The quantitative estimate of drug-likeness (QED) is 0.783. The molecule has 0 atom stereocenters. The largest absolute Gasteiger partial charge is 0.291 e. The van der Waals surface area contributed by atoms with Gasteiger partial charge in [0.05, 0.1) is 5.69 Å². The number of Topliss-reactive ketones (excluding diaryl/α,β-unsaturated/α-hetero) is 1. The van der Waals surface area contributed by atoms with Gasteiger partial charge in [-0.15, -0.1) is 0 Å². The van der Waals surface area contributed by atoms with E-state index in [0.29, 0.717) is 0 Å². The standard InChI is InChI=1S/C16H18N2O/c1-4-5-13-6-8-14(9-7-13)15-10-11(2)17-16(18-15)12(3)19/h6-10H,4-5H2,1-3H3. The molecule has 2 rings (SSSR count). The molecule has 0 bridgehead atoms. The minimum absolute atomic E-state index is 0.104. The summed E-state index contributed by atoms with van der Waals surface area (Å²) in [5.41, 5.74) is 3.96. The summed E-state index contributed by atoms with van der Waals surface area (Å²) >= 11 is 0. The van der Waals surface area contributed by atoms with E-state index in [2.05, 4.69) is 41.2 Å². The molecule has 2 aromatic rings. The predicted molar refractivity (Wildman–Crippen MR) is 76.2 cm³/mol. The molecule has 1 aromatic heterocycles. The highest BCUT2D eigenvalue weighted by Gasteiger charge is 2.08. The van der Waals surface area contributed by atoms with Gasteiger partial charge in [0, 0.05) is 18.2 Å². The lowest BCUT2D eigenvalue weighted by Gasteiger charge is -2.05. The summed E-state index contributed by atoms with van der Waals surface area (Å²) in [5, 5.41) is 0. The molecule has 0 aliphatic carbocycles. The molecule has 1 aromatic carbocycles. The molecule has 3 nitrogen and oxygen atoms in total. The van der Waals surface area contributed by atoms with Crippen LogP contribution in [0.1, 0.15) is 42.1 Å². The number of aromatic nitrogens is 2. The van der Waals surface area contributed by atoms with Gasteiger partial charge in [-0.25, -0.2) is 9.97 Å². The van der Waals surface area contributed by atoms with Crippen molar-refractivity contribution in [2.24, 2.45) is 0 Å². The van der Waals surface area contributed by atoms with E-state index in [-0.39, 0.29) is 11.6 Å². The summed E-state index contributed by atoms with van der Waals surface area (Å²) in [4.78, 5) is 19.9. The van der Waals surface area contributed by atoms with E-state index < -0.39 is 0 Å². The number of nitrogens with zero attached hydrogens (tertiary/aromatic N) is 2. The van der Waals surface area contributed by atoms with Crippen LogP contribution in [0.5, 0.6) is 0 Å². The van der Waals surface area contributed by atoms with E-state index in [1.165, 1.54) is 12.5 Å². The SMILES string of the molecule is CCCc1ccc(-c2cc(C)nc(C(C)=O)n2)cc1. The third-order valence-electron chi connectivity index (χ3n) is 2.96. The second-order valence-corrected chi connectivity index (χ2v) is 4.72. The Morgan fingerprint density at radius 3 is 2.42 bits per heavy atom. The molecular weight excluding hydrogens is 236 g/mol. The first-order chi connectivity index (χ1) is 9.10. The van der Waals surface area contributed by atoms with Crippen LogP contribution in [0.15, 0.2) is 30.3 Å². The third kappa shape index (κ3) is 3.25. The lowest BCUT2D eigenvalue weighted by molar-refractivity contribution is 0.100. The first-order valence-electron chi connectivity index (χ1n) is 6.56. The highest BCUT2D eigenvalue weighted by molar-refractivity contribution is 5.90. The molecule has 0 aliphatic rings. The molecule has 1 heterocycles. The average Bonchev–Trinajstić information content (AvgIpc) is 2.39. The van der Waals surface area contributed by atoms with Crippen LogP contribution in [0, 0.1) is 6.92 Å². The van der Waals surface area contributed by atoms with Crippen LogP contribution in [0.3, 0.4) is 0 Å². The molecule has 0 radical (unpaired) electrons. The van der Waals surface area contributed by atoms with Crippen molar-refractivity contribution in [1.82, 2.24) is 9.97 Å². The van der Waals surface area contributed by atoms with Gasteiger partial charge in [0.25, 0.3) is 0 Å². The fourth-order valence-corrected chi connectivity index (χ4v) is 2.00. The first-order valence-corrected chi connectivity index (χ1v) is 6.56. The summed E-state index contributed by atoms with van der Waals surface area (Å²) < 4.78 is 0. The van der Waals surface area contributed by atoms with Crippen LogP contribution < -0.4 is 0 Å². The Hall–Kier alpha value is -2.03. The van der Waals surface area contributed by atoms with Gasteiger partial charge in [-0.3, -0.25) is 4.79 Å². The zero-order valence-electron chi connectivity index (χ0n) is 11.6. The fourth-order valence-electron chi connectivity index (χ4n) is 2.00. The Bertz CT molecular complexity index is 588. The summed E-state index contributed by atoms with van der Waals surface area (Å²) in [6.07, 6.45) is 2.22. The smallest absolute Gasteiger partial charge is 0.196 e. The summed E-state index contributed by atoms with van der Waals surface area (Å²) in [6, 6.07) is 10.2. The molecular formula is C16H18N2O. The predicted octanol–water partition coefficient (Wildman–Crippen LogP) is 3.61. The summed E-state index contributed by atoms with van der Waals surface area (Å²) in [6.45, 7) is 5.53. The van der Waals surface area contributed by atoms with Crippen molar-refractivity contribution in [1.29, 1.82) is 0 Å². The van der Waals surface area contributed by atoms with Gasteiger partial charge < -0.3 is 0 Å². The molecule has 0 unspecified atom stereocenters. The van der Waals surface area contributed by atoms with Crippen LogP contribution in [0.25, 0.3) is 11.3 Å². The van der Waals surface area contributed by atoms with Crippen molar-refractivity contribution in [2.75, 3.05) is 0 Å². The number of carbonyl (C=O) groups is 1. The van der Waals surface area contributed by atoms with Gasteiger partial charge in [-0.2, -0.15) is 0 Å². The van der Waals surface area contributed by atoms with Crippen LogP contribution >= 0.6 is 0 Å². The zero-order chi connectivity index (χ0) is 13.8. The van der Waals surface area contributed by atoms with Gasteiger partial charge in [-0.1, -0.05) is 37.6 Å². The van der Waals surface area contributed by atoms with Crippen molar-refractivity contribution in [3.8, 4) is 11.3 Å². The average molecular weight is 254 g/mol. The number of hydrogen-bond acceptors (Lipinski definition) is 3. The number of benzene rings is 1. The zero-order valence-corrected chi connectivity index (χ0v) is 11.6. The molecule has 0 saturated carbocycles. The van der Waals surface area contributed by atoms with Gasteiger partial charge in [0.1, 0.15) is 0 Å². The van der Waals surface area contributed by atoms with E-state index in [0.717, 1.165) is 29.8 Å². The normalized spacial score (nSPS) is 10.5. The molecule has 0 spiro atoms. The molecule has 19 heavy (non-hydrogen) atoms. The van der Waals surface area contributed by atoms with Crippen LogP contribution in [0.2, 0.25) is 0 Å². The van der Waals surface area contributed by atoms with Gasteiger partial charge in [-0.05, 0) is 25.0 Å². The lowest BCUT2D eigenvalue weighted by atomic mass is 10.1. The van der Waals surface area contributed by atoms with E-state index in [4.69, 9.17) is 0 Å². The van der Waals surface area contributed by atoms with E-state index >= 15 is 0 Å². The minimum atomic E-state index is -0.104. The second-order valence-electron chi connectivity index (χ2n) is 4.72. The van der Waals surface area contributed by atoms with Crippen molar-refractivity contribution < 1.29 is 4.79 Å². The number of ketones is 1. The Morgan fingerprint density at radius 2 is 1.84 bits per heavy atom. The van der Waals surface area contributed by atoms with Crippen molar-refractivity contribution in [3.63, 3.8) is 0 Å². The Balaban J connectivity index is 2.38. The maximum atomic E-state index is 11.4. The van der Waals surface area contributed by atoms with E-state index in [9.17, 15) is 4.79 Å². The molecule has 0 N–H and O–H groups in total. The second kappa shape index (κ2) is 5.74. The summed E-state index contributed by atoms with van der Waals surface area (Å²) in [5.74, 6) is 0.181. The molecule has 0 fully saturated rings. The highest BCUT2D eigenvalue weighted by atomic mass is 16.1. The molecule has 3 heteroatoms. The maximum Gasteiger partial charge on any atom is 0.196 e. The number of rotatable bonds is 4. The Kier molecular flexibility index (Phi) is 4.05. The minimum Gasteiger partial charge on any atom is -0.291 e. The Morgan fingerprint density at radius 1 is 1.16 bits per heavy atom. The number of hydrogen-bond donors (Lipinski definition) is 0. The van der Waals surface area contributed by atoms with Gasteiger partial charge in [0.15, 0.2) is 11.6 Å². The maximum absolute atomic E-state index is 11.4. The van der Waals surface area contributed by atoms with Crippen molar-refractivity contribution >= 4 is 5.78 Å².